The van der Waals surface area contributed by atoms with Crippen LogP contribution >= 0.6 is 0 Å². The Hall–Kier alpha value is -3.48. The van der Waals surface area contributed by atoms with Gasteiger partial charge in [0.15, 0.2) is 0 Å². The Bertz CT molecular complexity index is 1090. The number of benzene rings is 2. The van der Waals surface area contributed by atoms with Crippen LogP contribution in [0.25, 0.3) is 22.4 Å². The van der Waals surface area contributed by atoms with Gasteiger partial charge in [-0.05, 0) is 22.9 Å². The molecule has 0 saturated carbocycles. The molecule has 0 atom stereocenters. The van der Waals surface area contributed by atoms with Gasteiger partial charge in [0.1, 0.15) is 11.3 Å². The molecule has 0 spiro atoms. The first-order valence-electron chi connectivity index (χ1n) is 7.67. The molecule has 4 aromatic rings. The number of rotatable bonds is 4. The van der Waals surface area contributed by atoms with Gasteiger partial charge in [-0.1, -0.05) is 30.3 Å². The van der Waals surface area contributed by atoms with E-state index in [1.54, 1.807) is 13.2 Å². The van der Waals surface area contributed by atoms with E-state index in [0.29, 0.717) is 23.7 Å². The second kappa shape index (κ2) is 6.20. The van der Waals surface area contributed by atoms with Gasteiger partial charge in [0.05, 0.1) is 13.7 Å². The smallest absolute Gasteiger partial charge is 0.336 e. The molecular formula is C18H14N4O3. The van der Waals surface area contributed by atoms with Crippen LogP contribution in [-0.4, -0.2) is 27.3 Å². The molecule has 25 heavy (non-hydrogen) atoms. The SMILES string of the molecule is COc1ccc2c(Cn3nnc(-c4ccccc4)n3)cc(=O)oc2c1. The summed E-state index contributed by atoms with van der Waals surface area (Å²) in [5.41, 5.74) is 1.67. The Balaban J connectivity index is 1.71. The number of hydrogen-bond donors (Lipinski definition) is 0. The third-order valence-corrected chi connectivity index (χ3v) is 3.83. The fourth-order valence-electron chi connectivity index (χ4n) is 2.63. The molecule has 0 unspecified atom stereocenters. The first-order valence-corrected chi connectivity index (χ1v) is 7.67. The van der Waals surface area contributed by atoms with Crippen LogP contribution in [0.2, 0.25) is 0 Å². The van der Waals surface area contributed by atoms with Crippen molar-refractivity contribution in [1.29, 1.82) is 0 Å². The fraction of sp³-hybridized carbons (Fsp3) is 0.111. The molecule has 124 valence electrons. The maximum absolute atomic E-state index is 11.8. The second-order valence-electron chi connectivity index (χ2n) is 5.46. The quantitative estimate of drug-likeness (QED) is 0.533. The number of aromatic nitrogens is 4. The molecule has 4 rings (SSSR count). The summed E-state index contributed by atoms with van der Waals surface area (Å²) in [5, 5.41) is 13.3. The van der Waals surface area contributed by atoms with Crippen molar-refractivity contribution in [2.75, 3.05) is 7.11 Å². The van der Waals surface area contributed by atoms with Crippen LogP contribution in [0.1, 0.15) is 5.56 Å². The highest BCUT2D eigenvalue weighted by molar-refractivity contribution is 5.81. The molecule has 2 aromatic heterocycles. The van der Waals surface area contributed by atoms with Crippen molar-refractivity contribution in [3.05, 3.63) is 70.6 Å². The van der Waals surface area contributed by atoms with Crippen molar-refractivity contribution in [2.24, 2.45) is 0 Å². The highest BCUT2D eigenvalue weighted by Gasteiger charge is 2.10. The molecule has 0 radical (unpaired) electrons. The van der Waals surface area contributed by atoms with E-state index in [9.17, 15) is 4.79 Å². The average molecular weight is 334 g/mol. The molecule has 0 N–H and O–H groups in total. The van der Waals surface area contributed by atoms with E-state index in [4.69, 9.17) is 9.15 Å². The van der Waals surface area contributed by atoms with Crippen molar-refractivity contribution in [3.8, 4) is 17.1 Å². The summed E-state index contributed by atoms with van der Waals surface area (Å²) in [6.07, 6.45) is 0. The van der Waals surface area contributed by atoms with E-state index in [1.165, 1.54) is 10.9 Å². The largest absolute Gasteiger partial charge is 0.497 e. The molecule has 7 nitrogen and oxygen atoms in total. The lowest BCUT2D eigenvalue weighted by Gasteiger charge is -2.06. The molecule has 0 bridgehead atoms. The molecule has 2 heterocycles. The molecule has 0 fully saturated rings. The third-order valence-electron chi connectivity index (χ3n) is 3.83. The second-order valence-corrected chi connectivity index (χ2v) is 5.46. The van der Waals surface area contributed by atoms with E-state index < -0.39 is 5.63 Å². The van der Waals surface area contributed by atoms with Gasteiger partial charge < -0.3 is 9.15 Å². The Labute approximate surface area is 142 Å². The average Bonchev–Trinajstić information content (AvgIpc) is 3.10. The van der Waals surface area contributed by atoms with Gasteiger partial charge in [-0.25, -0.2) is 4.79 Å². The third kappa shape index (κ3) is 2.99. The summed E-state index contributed by atoms with van der Waals surface area (Å²) in [5.74, 6) is 1.16. The summed E-state index contributed by atoms with van der Waals surface area (Å²) < 4.78 is 10.4. The minimum Gasteiger partial charge on any atom is -0.497 e. The van der Waals surface area contributed by atoms with Gasteiger partial charge in [-0.3, -0.25) is 0 Å². The van der Waals surface area contributed by atoms with Gasteiger partial charge in [-0.2, -0.15) is 4.80 Å². The zero-order valence-electron chi connectivity index (χ0n) is 13.4. The van der Waals surface area contributed by atoms with Crippen molar-refractivity contribution in [1.82, 2.24) is 20.2 Å². The molecule has 7 heteroatoms. The van der Waals surface area contributed by atoms with Crippen LogP contribution < -0.4 is 10.4 Å². The highest BCUT2D eigenvalue weighted by atomic mass is 16.5. The van der Waals surface area contributed by atoms with E-state index >= 15 is 0 Å². The molecular weight excluding hydrogens is 320 g/mol. The maximum atomic E-state index is 11.8. The Morgan fingerprint density at radius 3 is 2.76 bits per heavy atom. The lowest BCUT2D eigenvalue weighted by molar-refractivity contribution is 0.414. The standard InChI is InChI=1S/C18H14N4O3/c1-24-14-7-8-15-13(9-17(23)25-16(15)10-14)11-22-20-18(19-21-22)12-5-3-2-4-6-12/h2-10H,11H2,1H3. The first-order chi connectivity index (χ1) is 12.2. The number of nitrogens with zero attached hydrogens (tertiary/aromatic N) is 4. The number of hydrogen-bond acceptors (Lipinski definition) is 6. The normalized spacial score (nSPS) is 10.9. The number of methoxy groups -OCH3 is 1. The molecule has 0 amide bonds. The lowest BCUT2D eigenvalue weighted by Crippen LogP contribution is -2.08. The van der Waals surface area contributed by atoms with Crippen LogP contribution in [0, 0.1) is 0 Å². The summed E-state index contributed by atoms with van der Waals surface area (Å²) in [4.78, 5) is 13.3. The van der Waals surface area contributed by atoms with Gasteiger partial charge in [0, 0.05) is 23.1 Å². The number of fused-ring (bicyclic) bond motifs is 1. The first kappa shape index (κ1) is 15.1. The van der Waals surface area contributed by atoms with Crippen molar-refractivity contribution >= 4 is 11.0 Å². The monoisotopic (exact) mass is 334 g/mol. The minimum atomic E-state index is -0.431. The van der Waals surface area contributed by atoms with Crippen LogP contribution in [0.5, 0.6) is 5.75 Å². The summed E-state index contributed by atoms with van der Waals surface area (Å²) in [7, 11) is 1.56. The summed E-state index contributed by atoms with van der Waals surface area (Å²) >= 11 is 0. The van der Waals surface area contributed by atoms with E-state index in [1.807, 2.05) is 42.5 Å². The van der Waals surface area contributed by atoms with Crippen molar-refractivity contribution in [3.63, 3.8) is 0 Å². The van der Waals surface area contributed by atoms with Gasteiger partial charge in [0.2, 0.25) is 5.82 Å². The minimum absolute atomic E-state index is 0.314. The molecule has 0 aliphatic heterocycles. The molecule has 0 aliphatic carbocycles. The Morgan fingerprint density at radius 1 is 1.12 bits per heavy atom. The van der Waals surface area contributed by atoms with Gasteiger partial charge in [0.25, 0.3) is 0 Å². The van der Waals surface area contributed by atoms with E-state index in [2.05, 4.69) is 15.4 Å². The van der Waals surface area contributed by atoms with E-state index in [0.717, 1.165) is 16.5 Å². The Kier molecular flexibility index (Phi) is 3.74. The zero-order chi connectivity index (χ0) is 17.2. The zero-order valence-corrected chi connectivity index (χ0v) is 13.4. The van der Waals surface area contributed by atoms with Crippen molar-refractivity contribution in [2.45, 2.75) is 6.54 Å². The van der Waals surface area contributed by atoms with Crippen LogP contribution in [0.15, 0.2) is 63.8 Å². The maximum Gasteiger partial charge on any atom is 0.336 e. The Morgan fingerprint density at radius 2 is 1.96 bits per heavy atom. The highest BCUT2D eigenvalue weighted by Crippen LogP contribution is 2.23. The molecule has 0 saturated heterocycles. The topological polar surface area (TPSA) is 83.0 Å². The molecule has 2 aromatic carbocycles. The molecule has 0 aliphatic rings. The predicted molar refractivity (Wildman–Crippen MR) is 91.4 cm³/mol. The van der Waals surface area contributed by atoms with Crippen LogP contribution in [-0.2, 0) is 6.54 Å². The van der Waals surface area contributed by atoms with E-state index in [-0.39, 0.29) is 0 Å². The lowest BCUT2D eigenvalue weighted by atomic mass is 10.1. The van der Waals surface area contributed by atoms with Crippen LogP contribution in [0.3, 0.4) is 0 Å². The van der Waals surface area contributed by atoms with Crippen molar-refractivity contribution < 1.29 is 9.15 Å². The van der Waals surface area contributed by atoms with Gasteiger partial charge in [-0.15, -0.1) is 10.2 Å². The predicted octanol–water partition coefficient (Wildman–Crippen LogP) is 2.50. The van der Waals surface area contributed by atoms with Crippen LogP contribution in [0.4, 0.5) is 0 Å². The summed E-state index contributed by atoms with van der Waals surface area (Å²) in [6.45, 7) is 0.314. The number of tetrazole rings is 1. The summed E-state index contributed by atoms with van der Waals surface area (Å²) in [6, 6.07) is 16.4. The fourth-order valence-corrected chi connectivity index (χ4v) is 2.63. The number of ether oxygens (including phenoxy) is 1. The van der Waals surface area contributed by atoms with Gasteiger partial charge >= 0.3 is 5.63 Å².